The van der Waals surface area contributed by atoms with Gasteiger partial charge in [-0.15, -0.1) is 0 Å². The number of hydrogen-bond donors (Lipinski definition) is 1. The van der Waals surface area contributed by atoms with Gasteiger partial charge in [0.15, 0.2) is 0 Å². The molecule has 0 saturated carbocycles. The van der Waals surface area contributed by atoms with Gasteiger partial charge in [0.25, 0.3) is 0 Å². The molecule has 0 radical (unpaired) electrons. The van der Waals surface area contributed by atoms with Gasteiger partial charge in [-0.25, -0.2) is 0 Å². The van der Waals surface area contributed by atoms with E-state index < -0.39 is 0 Å². The fourth-order valence-corrected chi connectivity index (χ4v) is 4.70. The van der Waals surface area contributed by atoms with Gasteiger partial charge < -0.3 is 10.6 Å². The first-order valence-electron chi connectivity index (χ1n) is 7.24. The minimum Gasteiger partial charge on any atom is -0.326 e. The summed E-state index contributed by atoms with van der Waals surface area (Å²) in [7, 11) is 2.21. The predicted molar refractivity (Wildman–Crippen MR) is 81.6 cm³/mol. The minimum absolute atomic E-state index is 0.215. The normalized spacial score (nSPS) is 29.8. The maximum atomic E-state index is 6.63. The van der Waals surface area contributed by atoms with Crippen LogP contribution in [0.2, 0.25) is 0 Å². The molecule has 2 aliphatic rings. The zero-order valence-corrected chi connectivity index (χ0v) is 12.4. The van der Waals surface area contributed by atoms with Crippen LogP contribution in [0.25, 0.3) is 0 Å². The molecule has 3 atom stereocenters. The molecule has 0 aromatic carbocycles. The average Bonchev–Trinajstić information content (AvgIpc) is 2.46. The maximum Gasteiger partial charge on any atom is 0.0482 e. The van der Waals surface area contributed by atoms with E-state index in [0.717, 1.165) is 12.3 Å². The lowest BCUT2D eigenvalue weighted by atomic mass is 9.80. The second kappa shape index (κ2) is 5.81. The van der Waals surface area contributed by atoms with Crippen molar-refractivity contribution in [2.45, 2.75) is 37.3 Å². The topological polar surface area (TPSA) is 42.1 Å². The molecule has 3 rings (SSSR count). The third-order valence-corrected chi connectivity index (χ3v) is 5.64. The van der Waals surface area contributed by atoms with Crippen molar-refractivity contribution in [1.29, 1.82) is 0 Å². The van der Waals surface area contributed by atoms with Crippen molar-refractivity contribution in [2.24, 2.45) is 5.73 Å². The quantitative estimate of drug-likeness (QED) is 0.896. The van der Waals surface area contributed by atoms with Crippen LogP contribution in [0.5, 0.6) is 0 Å². The number of hydrogen-bond acceptors (Lipinski definition) is 4. The summed E-state index contributed by atoms with van der Waals surface area (Å²) in [5.74, 6) is 2.84. The Bertz CT molecular complexity index is 437. The van der Waals surface area contributed by atoms with E-state index in [9.17, 15) is 0 Å². The van der Waals surface area contributed by atoms with Crippen molar-refractivity contribution < 1.29 is 0 Å². The van der Waals surface area contributed by atoms with Gasteiger partial charge in [-0.2, -0.15) is 11.8 Å². The molecule has 1 saturated heterocycles. The van der Waals surface area contributed by atoms with Crippen LogP contribution in [0.1, 0.15) is 30.0 Å². The summed E-state index contributed by atoms with van der Waals surface area (Å²) >= 11 is 2.04. The van der Waals surface area contributed by atoms with Crippen molar-refractivity contribution in [3.8, 4) is 0 Å². The molecular weight excluding hydrogens is 254 g/mol. The van der Waals surface area contributed by atoms with E-state index in [1.807, 2.05) is 18.0 Å². The smallest absolute Gasteiger partial charge is 0.0482 e. The number of likely N-dealkylation sites (N-methyl/N-ethyl adjacent to an activating group) is 1. The van der Waals surface area contributed by atoms with Crippen LogP contribution in [0, 0.1) is 0 Å². The Hall–Kier alpha value is -0.580. The molecule has 3 unspecified atom stereocenters. The fourth-order valence-electron chi connectivity index (χ4n) is 3.40. The molecule has 1 aliphatic heterocycles. The number of pyridine rings is 1. The lowest BCUT2D eigenvalue weighted by Crippen LogP contribution is -2.53. The van der Waals surface area contributed by atoms with Crippen molar-refractivity contribution >= 4 is 11.8 Å². The van der Waals surface area contributed by atoms with Crippen molar-refractivity contribution in [3.05, 3.63) is 29.6 Å². The number of nitrogens with zero attached hydrogens (tertiary/aromatic N) is 2. The number of thioether (sulfide) groups is 1. The zero-order chi connectivity index (χ0) is 13.2. The van der Waals surface area contributed by atoms with E-state index in [-0.39, 0.29) is 6.04 Å². The second-order valence-electron chi connectivity index (χ2n) is 5.75. The fraction of sp³-hybridized carbons (Fsp3) is 0.667. The highest BCUT2D eigenvalue weighted by molar-refractivity contribution is 7.99. The van der Waals surface area contributed by atoms with Crippen LogP contribution >= 0.6 is 11.8 Å². The van der Waals surface area contributed by atoms with E-state index in [1.165, 1.54) is 36.3 Å². The zero-order valence-electron chi connectivity index (χ0n) is 11.6. The molecular formula is C15H23N3S. The molecule has 104 valence electrons. The standard InChI is InChI=1S/C15H23N3S/c1-18-8-9-19-10-13(18)14(16)12-6-2-4-11-5-3-7-17-15(11)12/h3,5,7,12-14H,2,4,6,8-10,16H2,1H3. The molecule has 2 N–H and O–H groups in total. The molecule has 0 amide bonds. The molecule has 1 fully saturated rings. The summed E-state index contributed by atoms with van der Waals surface area (Å²) < 4.78 is 0. The highest BCUT2D eigenvalue weighted by atomic mass is 32.2. The van der Waals surface area contributed by atoms with E-state index >= 15 is 0 Å². The highest BCUT2D eigenvalue weighted by Crippen LogP contribution is 2.34. The van der Waals surface area contributed by atoms with Crippen LogP contribution in [-0.2, 0) is 6.42 Å². The van der Waals surface area contributed by atoms with E-state index in [2.05, 4.69) is 29.1 Å². The Morgan fingerprint density at radius 3 is 3.26 bits per heavy atom. The van der Waals surface area contributed by atoms with Gasteiger partial charge >= 0.3 is 0 Å². The lowest BCUT2D eigenvalue weighted by molar-refractivity contribution is 0.212. The summed E-state index contributed by atoms with van der Waals surface area (Å²) in [6, 6.07) is 4.99. The van der Waals surface area contributed by atoms with Gasteiger partial charge in [-0.1, -0.05) is 6.07 Å². The van der Waals surface area contributed by atoms with Crippen LogP contribution in [0.15, 0.2) is 18.3 Å². The molecule has 1 aromatic rings. The van der Waals surface area contributed by atoms with Gasteiger partial charge in [-0.3, -0.25) is 4.98 Å². The molecule has 2 heterocycles. The Kier molecular flexibility index (Phi) is 4.10. The van der Waals surface area contributed by atoms with E-state index in [0.29, 0.717) is 12.0 Å². The monoisotopic (exact) mass is 277 g/mol. The van der Waals surface area contributed by atoms with Crippen molar-refractivity contribution in [2.75, 3.05) is 25.1 Å². The Morgan fingerprint density at radius 1 is 1.53 bits per heavy atom. The molecule has 4 heteroatoms. The van der Waals surface area contributed by atoms with Crippen molar-refractivity contribution in [1.82, 2.24) is 9.88 Å². The summed E-state index contributed by atoms with van der Waals surface area (Å²) in [5.41, 5.74) is 9.32. The molecule has 1 aromatic heterocycles. The molecule has 0 bridgehead atoms. The largest absolute Gasteiger partial charge is 0.326 e. The van der Waals surface area contributed by atoms with Gasteiger partial charge in [-0.05, 0) is 37.9 Å². The molecule has 3 nitrogen and oxygen atoms in total. The third kappa shape index (κ3) is 2.67. The van der Waals surface area contributed by atoms with Crippen LogP contribution in [-0.4, -0.2) is 47.1 Å². The summed E-state index contributed by atoms with van der Waals surface area (Å²) in [5, 5.41) is 0. The van der Waals surface area contributed by atoms with Gasteiger partial charge in [0.2, 0.25) is 0 Å². The second-order valence-corrected chi connectivity index (χ2v) is 6.90. The first-order valence-corrected chi connectivity index (χ1v) is 8.40. The Balaban J connectivity index is 1.82. The molecule has 0 spiro atoms. The lowest BCUT2D eigenvalue weighted by Gasteiger charge is -2.40. The van der Waals surface area contributed by atoms with Crippen molar-refractivity contribution in [3.63, 3.8) is 0 Å². The average molecular weight is 277 g/mol. The summed E-state index contributed by atoms with van der Waals surface area (Å²) in [4.78, 5) is 7.08. The predicted octanol–water partition coefficient (Wildman–Crippen LogP) is 1.88. The Morgan fingerprint density at radius 2 is 2.42 bits per heavy atom. The number of aryl methyl sites for hydroxylation is 1. The highest BCUT2D eigenvalue weighted by Gasteiger charge is 2.34. The van der Waals surface area contributed by atoms with Crippen LogP contribution < -0.4 is 5.73 Å². The maximum absolute atomic E-state index is 6.63. The number of nitrogens with two attached hydrogens (primary N) is 1. The van der Waals surface area contributed by atoms with E-state index in [1.54, 1.807) is 0 Å². The minimum atomic E-state index is 0.215. The van der Waals surface area contributed by atoms with Crippen LogP contribution in [0.4, 0.5) is 0 Å². The van der Waals surface area contributed by atoms with Gasteiger partial charge in [0.05, 0.1) is 0 Å². The first kappa shape index (κ1) is 13.4. The number of fused-ring (bicyclic) bond motifs is 1. The Labute approximate surface area is 120 Å². The summed E-state index contributed by atoms with van der Waals surface area (Å²) in [6.07, 6.45) is 5.53. The van der Waals surface area contributed by atoms with Gasteiger partial charge in [0.1, 0.15) is 0 Å². The van der Waals surface area contributed by atoms with Crippen LogP contribution in [0.3, 0.4) is 0 Å². The third-order valence-electron chi connectivity index (χ3n) is 4.59. The number of aromatic nitrogens is 1. The van der Waals surface area contributed by atoms with Gasteiger partial charge in [0, 0.05) is 47.9 Å². The number of rotatable bonds is 2. The SMILES string of the molecule is CN1CCSCC1C(N)C1CCCc2cccnc21. The molecule has 19 heavy (non-hydrogen) atoms. The summed E-state index contributed by atoms with van der Waals surface area (Å²) in [6.45, 7) is 1.16. The van der Waals surface area contributed by atoms with E-state index in [4.69, 9.17) is 5.73 Å². The molecule has 1 aliphatic carbocycles. The first-order chi connectivity index (χ1) is 9.27.